The van der Waals surface area contributed by atoms with Gasteiger partial charge in [-0.25, -0.2) is 0 Å². The molecule has 0 bridgehead atoms. The Hall–Kier alpha value is -0.830. The Kier molecular flexibility index (Phi) is 4.14. The van der Waals surface area contributed by atoms with Crippen molar-refractivity contribution < 1.29 is 14.4 Å². The van der Waals surface area contributed by atoms with Gasteiger partial charge in [0.15, 0.2) is 0 Å². The summed E-state index contributed by atoms with van der Waals surface area (Å²) in [7, 11) is -4.24. The number of benzene rings is 1. The molecule has 0 aromatic heterocycles. The summed E-state index contributed by atoms with van der Waals surface area (Å²) in [5.41, 5.74) is 6.81. The number of hydrogen-bond acceptors (Lipinski definition) is 2. The van der Waals surface area contributed by atoms with Crippen molar-refractivity contribution in [3.8, 4) is 0 Å². The van der Waals surface area contributed by atoms with Crippen LogP contribution in [0, 0.1) is 5.92 Å². The molecule has 1 rings (SSSR count). The summed E-state index contributed by atoms with van der Waals surface area (Å²) in [6.07, 6.45) is 1.91. The maximum Gasteiger partial charge on any atom is 0.358 e. The zero-order chi connectivity index (χ0) is 12.3. The minimum atomic E-state index is -4.24. The first-order chi connectivity index (χ1) is 7.30. The molecule has 0 spiro atoms. The number of hydrogen-bond donors (Lipinski definition) is 3. The third-order valence-electron chi connectivity index (χ3n) is 2.42. The van der Waals surface area contributed by atoms with Gasteiger partial charge in [-0.2, -0.15) is 0 Å². The smallest absolute Gasteiger partial charge is 0.358 e. The Morgan fingerprint density at radius 2 is 2.00 bits per heavy atom. The van der Waals surface area contributed by atoms with E-state index in [0.29, 0.717) is 5.92 Å². The fourth-order valence-corrected chi connectivity index (χ4v) is 2.15. The Labute approximate surface area is 95.6 Å². The van der Waals surface area contributed by atoms with Crippen LogP contribution in [0.5, 0.6) is 0 Å². The Morgan fingerprint density at radius 3 is 2.44 bits per heavy atom. The molecule has 0 aliphatic heterocycles. The molecule has 0 aliphatic carbocycles. The van der Waals surface area contributed by atoms with Crippen molar-refractivity contribution in [2.75, 3.05) is 5.73 Å². The van der Waals surface area contributed by atoms with Crippen molar-refractivity contribution >= 4 is 18.6 Å². The van der Waals surface area contributed by atoms with E-state index in [1.165, 1.54) is 6.07 Å². The fraction of sp³-hybridized carbons (Fsp3) is 0.455. The van der Waals surface area contributed by atoms with E-state index in [-0.39, 0.29) is 11.0 Å². The Morgan fingerprint density at radius 1 is 1.38 bits per heavy atom. The first-order valence-corrected chi connectivity index (χ1v) is 6.86. The molecule has 0 heterocycles. The van der Waals surface area contributed by atoms with Gasteiger partial charge in [-0.3, -0.25) is 4.57 Å². The lowest BCUT2D eigenvalue weighted by atomic mass is 10.0. The molecule has 90 valence electrons. The molecule has 0 aliphatic rings. The van der Waals surface area contributed by atoms with Gasteiger partial charge in [0, 0.05) is 5.69 Å². The van der Waals surface area contributed by atoms with Crippen molar-refractivity contribution in [2.45, 2.75) is 26.7 Å². The van der Waals surface area contributed by atoms with Crippen LogP contribution in [0.15, 0.2) is 18.2 Å². The van der Waals surface area contributed by atoms with Crippen molar-refractivity contribution in [1.29, 1.82) is 0 Å². The third kappa shape index (κ3) is 3.63. The summed E-state index contributed by atoms with van der Waals surface area (Å²) in [6.45, 7) is 4.26. The topological polar surface area (TPSA) is 83.5 Å². The Balaban J connectivity index is 2.87. The number of aryl methyl sites for hydroxylation is 1. The quantitative estimate of drug-likeness (QED) is 0.554. The van der Waals surface area contributed by atoms with Gasteiger partial charge in [-0.1, -0.05) is 19.9 Å². The average Bonchev–Trinajstić information content (AvgIpc) is 2.12. The number of anilines is 1. The molecule has 4 N–H and O–H groups in total. The molecular formula is C11H18NO3P. The molecule has 16 heavy (non-hydrogen) atoms. The standard InChI is InChI=1S/C11H18NO3P/c1-8(2)3-4-9-5-6-11(10(12)7-9)16(13,14)15/h5-8H,3-4,12H2,1-2H3,(H2,13,14,15). The minimum absolute atomic E-state index is 0.0826. The van der Waals surface area contributed by atoms with Crippen LogP contribution in [0.2, 0.25) is 0 Å². The lowest BCUT2D eigenvalue weighted by Crippen LogP contribution is -2.11. The van der Waals surface area contributed by atoms with Crippen LogP contribution in [0.3, 0.4) is 0 Å². The van der Waals surface area contributed by atoms with Gasteiger partial charge in [0.2, 0.25) is 0 Å². The summed E-state index contributed by atoms with van der Waals surface area (Å²) < 4.78 is 11.0. The molecule has 0 atom stereocenters. The highest BCUT2D eigenvalue weighted by atomic mass is 31.2. The SMILES string of the molecule is CC(C)CCc1ccc(P(=O)(O)O)c(N)c1. The predicted octanol–water partition coefficient (Wildman–Crippen LogP) is 1.66. The van der Waals surface area contributed by atoms with E-state index in [1.54, 1.807) is 12.1 Å². The number of rotatable bonds is 4. The molecule has 0 unspecified atom stereocenters. The maximum atomic E-state index is 11.0. The van der Waals surface area contributed by atoms with Gasteiger partial charge in [-0.05, 0) is 36.5 Å². The van der Waals surface area contributed by atoms with E-state index >= 15 is 0 Å². The van der Waals surface area contributed by atoms with Crippen LogP contribution in [0.1, 0.15) is 25.8 Å². The molecule has 0 radical (unpaired) electrons. The van der Waals surface area contributed by atoms with E-state index in [1.807, 2.05) is 0 Å². The number of nitrogens with two attached hydrogens (primary N) is 1. The molecule has 5 heteroatoms. The van der Waals surface area contributed by atoms with Gasteiger partial charge >= 0.3 is 7.60 Å². The van der Waals surface area contributed by atoms with Gasteiger partial charge in [0.25, 0.3) is 0 Å². The van der Waals surface area contributed by atoms with Crippen molar-refractivity contribution in [3.63, 3.8) is 0 Å². The van der Waals surface area contributed by atoms with Crippen molar-refractivity contribution in [2.24, 2.45) is 5.92 Å². The van der Waals surface area contributed by atoms with Gasteiger partial charge < -0.3 is 15.5 Å². The van der Waals surface area contributed by atoms with E-state index in [4.69, 9.17) is 15.5 Å². The summed E-state index contributed by atoms with van der Waals surface area (Å²) in [5, 5.41) is -0.0826. The van der Waals surface area contributed by atoms with E-state index < -0.39 is 7.60 Å². The van der Waals surface area contributed by atoms with Gasteiger partial charge in [0.05, 0.1) is 5.30 Å². The van der Waals surface area contributed by atoms with E-state index in [0.717, 1.165) is 18.4 Å². The van der Waals surface area contributed by atoms with Crippen LogP contribution in [-0.4, -0.2) is 9.79 Å². The van der Waals surface area contributed by atoms with Crippen LogP contribution < -0.4 is 11.0 Å². The maximum absolute atomic E-state index is 11.0. The zero-order valence-electron chi connectivity index (χ0n) is 9.55. The fourth-order valence-electron chi connectivity index (χ4n) is 1.48. The highest BCUT2D eigenvalue weighted by Crippen LogP contribution is 2.35. The predicted molar refractivity (Wildman–Crippen MR) is 65.7 cm³/mol. The average molecular weight is 243 g/mol. The normalized spacial score (nSPS) is 12.1. The van der Waals surface area contributed by atoms with Crippen LogP contribution in [-0.2, 0) is 11.0 Å². The second kappa shape index (κ2) is 5.00. The first-order valence-electron chi connectivity index (χ1n) is 5.25. The summed E-state index contributed by atoms with van der Waals surface area (Å²) in [6, 6.07) is 4.80. The van der Waals surface area contributed by atoms with E-state index in [9.17, 15) is 4.57 Å². The summed E-state index contributed by atoms with van der Waals surface area (Å²) in [4.78, 5) is 18.0. The van der Waals surface area contributed by atoms with Gasteiger partial charge in [-0.15, -0.1) is 0 Å². The van der Waals surface area contributed by atoms with Crippen LogP contribution >= 0.6 is 7.60 Å². The monoisotopic (exact) mass is 243 g/mol. The lowest BCUT2D eigenvalue weighted by Gasteiger charge is -2.10. The molecule has 0 saturated carbocycles. The molecule has 0 fully saturated rings. The molecule has 4 nitrogen and oxygen atoms in total. The highest BCUT2D eigenvalue weighted by molar-refractivity contribution is 7.60. The van der Waals surface area contributed by atoms with Crippen molar-refractivity contribution in [1.82, 2.24) is 0 Å². The lowest BCUT2D eigenvalue weighted by molar-refractivity contribution is 0.387. The molecule has 1 aromatic carbocycles. The number of nitrogen functional groups attached to an aromatic ring is 1. The summed E-state index contributed by atoms with van der Waals surface area (Å²) >= 11 is 0. The van der Waals surface area contributed by atoms with Crippen LogP contribution in [0.4, 0.5) is 5.69 Å². The van der Waals surface area contributed by atoms with Crippen LogP contribution in [0.25, 0.3) is 0 Å². The molecule has 0 amide bonds. The highest BCUT2D eigenvalue weighted by Gasteiger charge is 2.20. The largest absolute Gasteiger partial charge is 0.398 e. The molecule has 1 aromatic rings. The second-order valence-electron chi connectivity index (χ2n) is 4.37. The minimum Gasteiger partial charge on any atom is -0.398 e. The summed E-state index contributed by atoms with van der Waals surface area (Å²) in [5.74, 6) is 0.600. The van der Waals surface area contributed by atoms with Gasteiger partial charge in [0.1, 0.15) is 0 Å². The van der Waals surface area contributed by atoms with Crippen molar-refractivity contribution in [3.05, 3.63) is 23.8 Å². The molecular weight excluding hydrogens is 225 g/mol. The first kappa shape index (κ1) is 13.2. The van der Waals surface area contributed by atoms with E-state index in [2.05, 4.69) is 13.8 Å². The third-order valence-corrected chi connectivity index (χ3v) is 3.45. The Bertz CT molecular complexity index is 412. The zero-order valence-corrected chi connectivity index (χ0v) is 10.4. The second-order valence-corrected chi connectivity index (χ2v) is 5.94. The molecule has 0 saturated heterocycles.